The second kappa shape index (κ2) is 4.21. The largest absolute Gasteiger partial charge is 0.328 e. The number of pyridine rings is 1. The van der Waals surface area contributed by atoms with Crippen LogP contribution in [0.1, 0.15) is 24.6 Å². The van der Waals surface area contributed by atoms with Gasteiger partial charge < -0.3 is 5.73 Å². The van der Waals surface area contributed by atoms with Gasteiger partial charge in [0, 0.05) is 17.9 Å². The van der Waals surface area contributed by atoms with E-state index in [0.717, 1.165) is 18.5 Å². The summed E-state index contributed by atoms with van der Waals surface area (Å²) in [5, 5.41) is 0. The fraction of sp³-hybridized carbons (Fsp3) is 0.500. The first-order valence-corrected chi connectivity index (χ1v) is 4.36. The second-order valence-electron chi connectivity index (χ2n) is 3.26. The summed E-state index contributed by atoms with van der Waals surface area (Å²) in [4.78, 5) is 4.22. The molecule has 0 saturated heterocycles. The monoisotopic (exact) mass is 164 g/mol. The Kier molecular flexibility index (Phi) is 3.23. The van der Waals surface area contributed by atoms with Crippen molar-refractivity contribution in [1.29, 1.82) is 0 Å². The lowest BCUT2D eigenvalue weighted by Gasteiger charge is -2.06. The SMILES string of the molecule is Cc1ncccc1CCC(C)N. The van der Waals surface area contributed by atoms with Crippen LogP contribution < -0.4 is 5.73 Å². The maximum atomic E-state index is 5.67. The van der Waals surface area contributed by atoms with Gasteiger partial charge in [0.05, 0.1) is 0 Å². The Morgan fingerprint density at radius 3 is 2.92 bits per heavy atom. The Morgan fingerprint density at radius 2 is 2.33 bits per heavy atom. The predicted molar refractivity (Wildman–Crippen MR) is 50.9 cm³/mol. The van der Waals surface area contributed by atoms with Gasteiger partial charge in [-0.05, 0) is 38.3 Å². The lowest BCUT2D eigenvalue weighted by Crippen LogP contribution is -2.15. The van der Waals surface area contributed by atoms with E-state index in [1.54, 1.807) is 0 Å². The van der Waals surface area contributed by atoms with Crippen molar-refractivity contribution in [1.82, 2.24) is 4.98 Å². The van der Waals surface area contributed by atoms with Crippen molar-refractivity contribution in [3.8, 4) is 0 Å². The van der Waals surface area contributed by atoms with E-state index in [2.05, 4.69) is 11.1 Å². The zero-order valence-corrected chi connectivity index (χ0v) is 7.75. The number of nitrogens with zero attached hydrogens (tertiary/aromatic N) is 1. The summed E-state index contributed by atoms with van der Waals surface area (Å²) in [6.45, 7) is 4.07. The van der Waals surface area contributed by atoms with Gasteiger partial charge in [-0.15, -0.1) is 0 Å². The highest BCUT2D eigenvalue weighted by Gasteiger charge is 1.99. The fourth-order valence-corrected chi connectivity index (χ4v) is 1.16. The fourth-order valence-electron chi connectivity index (χ4n) is 1.16. The molecule has 12 heavy (non-hydrogen) atoms. The molecule has 0 bridgehead atoms. The van der Waals surface area contributed by atoms with E-state index in [1.165, 1.54) is 5.56 Å². The molecule has 2 heteroatoms. The highest BCUT2D eigenvalue weighted by Crippen LogP contribution is 2.07. The van der Waals surface area contributed by atoms with Gasteiger partial charge in [0.1, 0.15) is 0 Å². The summed E-state index contributed by atoms with van der Waals surface area (Å²) < 4.78 is 0. The maximum absolute atomic E-state index is 5.67. The summed E-state index contributed by atoms with van der Waals surface area (Å²) in [5.41, 5.74) is 8.11. The average molecular weight is 164 g/mol. The van der Waals surface area contributed by atoms with Gasteiger partial charge in [-0.25, -0.2) is 0 Å². The van der Waals surface area contributed by atoms with Crippen molar-refractivity contribution in [2.24, 2.45) is 5.73 Å². The van der Waals surface area contributed by atoms with E-state index in [4.69, 9.17) is 5.73 Å². The molecule has 1 unspecified atom stereocenters. The molecule has 0 aliphatic carbocycles. The minimum Gasteiger partial charge on any atom is -0.328 e. The molecule has 0 aliphatic rings. The molecule has 0 aliphatic heterocycles. The standard InChI is InChI=1S/C10H16N2/c1-8(11)5-6-10-4-3-7-12-9(10)2/h3-4,7-8H,5-6,11H2,1-2H3. The molecule has 2 nitrogen and oxygen atoms in total. The van der Waals surface area contributed by atoms with Crippen LogP contribution in [-0.4, -0.2) is 11.0 Å². The molecule has 0 saturated carbocycles. The first-order chi connectivity index (χ1) is 5.70. The highest BCUT2D eigenvalue weighted by molar-refractivity contribution is 5.18. The summed E-state index contributed by atoms with van der Waals surface area (Å²) in [5.74, 6) is 0. The molecule has 66 valence electrons. The maximum Gasteiger partial charge on any atom is 0.0404 e. The third kappa shape index (κ3) is 2.62. The summed E-state index contributed by atoms with van der Waals surface area (Å²) in [7, 11) is 0. The lowest BCUT2D eigenvalue weighted by atomic mass is 10.1. The first-order valence-electron chi connectivity index (χ1n) is 4.36. The third-order valence-electron chi connectivity index (χ3n) is 1.99. The zero-order chi connectivity index (χ0) is 8.97. The summed E-state index contributed by atoms with van der Waals surface area (Å²) >= 11 is 0. The van der Waals surface area contributed by atoms with Crippen molar-refractivity contribution in [2.45, 2.75) is 32.7 Å². The Bertz CT molecular complexity index is 243. The van der Waals surface area contributed by atoms with Gasteiger partial charge in [0.2, 0.25) is 0 Å². The van der Waals surface area contributed by atoms with Gasteiger partial charge in [-0.1, -0.05) is 6.07 Å². The number of hydrogen-bond acceptors (Lipinski definition) is 2. The molecule has 0 amide bonds. The number of aromatic nitrogens is 1. The number of nitrogens with two attached hydrogens (primary N) is 1. The minimum absolute atomic E-state index is 0.282. The molecule has 1 aromatic heterocycles. The van der Waals surface area contributed by atoms with Crippen molar-refractivity contribution in [3.05, 3.63) is 29.6 Å². The number of aryl methyl sites for hydroxylation is 2. The summed E-state index contributed by atoms with van der Waals surface area (Å²) in [6.07, 6.45) is 3.90. The second-order valence-corrected chi connectivity index (χ2v) is 3.26. The van der Waals surface area contributed by atoms with Crippen LogP contribution in [0.5, 0.6) is 0 Å². The minimum atomic E-state index is 0.282. The summed E-state index contributed by atoms with van der Waals surface area (Å²) in [6, 6.07) is 4.37. The first kappa shape index (κ1) is 9.20. The smallest absolute Gasteiger partial charge is 0.0404 e. The van der Waals surface area contributed by atoms with E-state index in [0.29, 0.717) is 0 Å². The molecule has 0 spiro atoms. The van der Waals surface area contributed by atoms with Crippen LogP contribution in [0.4, 0.5) is 0 Å². The molecule has 1 rings (SSSR count). The Labute approximate surface area is 73.8 Å². The van der Waals surface area contributed by atoms with E-state index in [-0.39, 0.29) is 6.04 Å². The molecular weight excluding hydrogens is 148 g/mol. The number of hydrogen-bond donors (Lipinski definition) is 1. The molecule has 0 radical (unpaired) electrons. The normalized spacial score (nSPS) is 12.9. The van der Waals surface area contributed by atoms with Gasteiger partial charge in [0.25, 0.3) is 0 Å². The highest BCUT2D eigenvalue weighted by atomic mass is 14.7. The van der Waals surface area contributed by atoms with Gasteiger partial charge in [-0.2, -0.15) is 0 Å². The van der Waals surface area contributed by atoms with Crippen molar-refractivity contribution >= 4 is 0 Å². The van der Waals surface area contributed by atoms with Crippen LogP contribution in [0.15, 0.2) is 18.3 Å². The molecule has 2 N–H and O–H groups in total. The third-order valence-corrected chi connectivity index (χ3v) is 1.99. The van der Waals surface area contributed by atoms with Crippen LogP contribution >= 0.6 is 0 Å². The van der Waals surface area contributed by atoms with Crippen molar-refractivity contribution in [2.75, 3.05) is 0 Å². The molecule has 0 aromatic carbocycles. The Morgan fingerprint density at radius 1 is 1.58 bits per heavy atom. The topological polar surface area (TPSA) is 38.9 Å². The van der Waals surface area contributed by atoms with E-state index >= 15 is 0 Å². The lowest BCUT2D eigenvalue weighted by molar-refractivity contribution is 0.663. The van der Waals surface area contributed by atoms with Crippen LogP contribution in [0, 0.1) is 6.92 Å². The van der Waals surface area contributed by atoms with Crippen molar-refractivity contribution in [3.63, 3.8) is 0 Å². The predicted octanol–water partition coefficient (Wildman–Crippen LogP) is 1.67. The van der Waals surface area contributed by atoms with Crippen LogP contribution in [0.3, 0.4) is 0 Å². The van der Waals surface area contributed by atoms with E-state index in [9.17, 15) is 0 Å². The molecule has 1 aromatic rings. The van der Waals surface area contributed by atoms with Gasteiger partial charge >= 0.3 is 0 Å². The van der Waals surface area contributed by atoms with Crippen LogP contribution in [0.2, 0.25) is 0 Å². The quantitative estimate of drug-likeness (QED) is 0.738. The van der Waals surface area contributed by atoms with Gasteiger partial charge in [-0.3, -0.25) is 4.98 Å². The van der Waals surface area contributed by atoms with E-state index in [1.807, 2.05) is 26.1 Å². The molecule has 1 heterocycles. The molecule has 0 fully saturated rings. The number of rotatable bonds is 3. The zero-order valence-electron chi connectivity index (χ0n) is 7.75. The van der Waals surface area contributed by atoms with Crippen LogP contribution in [-0.2, 0) is 6.42 Å². The average Bonchev–Trinajstić information content (AvgIpc) is 2.03. The molecular formula is C10H16N2. The Hall–Kier alpha value is -0.890. The van der Waals surface area contributed by atoms with Gasteiger partial charge in [0.15, 0.2) is 0 Å². The Balaban J connectivity index is 2.57. The van der Waals surface area contributed by atoms with Crippen LogP contribution in [0.25, 0.3) is 0 Å². The van der Waals surface area contributed by atoms with E-state index < -0.39 is 0 Å². The molecule has 1 atom stereocenters. The van der Waals surface area contributed by atoms with Crippen molar-refractivity contribution < 1.29 is 0 Å².